The van der Waals surface area contributed by atoms with Crippen LogP contribution in [0.25, 0.3) is 0 Å². The number of H-pyrrole nitrogens is 1. The summed E-state index contributed by atoms with van der Waals surface area (Å²) in [5.41, 5.74) is 0.940. The minimum Gasteiger partial charge on any atom is -0.350 e. The van der Waals surface area contributed by atoms with Gasteiger partial charge in [-0.05, 0) is 37.0 Å². The Morgan fingerprint density at radius 3 is 2.92 bits per heavy atom. The van der Waals surface area contributed by atoms with E-state index < -0.39 is 0 Å². The van der Waals surface area contributed by atoms with Crippen LogP contribution >= 0.6 is 0 Å². The van der Waals surface area contributed by atoms with Crippen LogP contribution in [-0.4, -0.2) is 29.1 Å². The van der Waals surface area contributed by atoms with Crippen LogP contribution in [0.5, 0.6) is 0 Å². The van der Waals surface area contributed by atoms with Gasteiger partial charge in [-0.15, -0.1) is 0 Å². The Morgan fingerprint density at radius 1 is 1.42 bits per heavy atom. The van der Waals surface area contributed by atoms with Crippen molar-refractivity contribution in [1.29, 1.82) is 0 Å². The second-order valence-electron chi connectivity index (χ2n) is 6.21. The Morgan fingerprint density at radius 2 is 2.21 bits per heavy atom. The molecule has 0 saturated carbocycles. The number of rotatable bonds is 5. The van der Waals surface area contributed by atoms with E-state index in [1.807, 2.05) is 17.0 Å². The van der Waals surface area contributed by atoms with Crippen molar-refractivity contribution in [2.24, 2.45) is 0 Å². The molecular formula is C18H23FN4O. The van der Waals surface area contributed by atoms with Gasteiger partial charge in [0.1, 0.15) is 5.82 Å². The molecule has 24 heavy (non-hydrogen) atoms. The van der Waals surface area contributed by atoms with Crippen molar-refractivity contribution >= 4 is 5.82 Å². The van der Waals surface area contributed by atoms with Crippen molar-refractivity contribution < 1.29 is 4.39 Å². The molecule has 1 aliphatic rings. The molecule has 1 aliphatic heterocycles. The summed E-state index contributed by atoms with van der Waals surface area (Å²) in [5, 5.41) is 3.66. The molecule has 0 amide bonds. The number of hydrogen-bond donors (Lipinski definition) is 2. The van der Waals surface area contributed by atoms with Crippen LogP contribution in [0.3, 0.4) is 0 Å². The molecule has 128 valence electrons. The topological polar surface area (TPSA) is 61.0 Å². The molecular weight excluding hydrogens is 307 g/mol. The van der Waals surface area contributed by atoms with Crippen molar-refractivity contribution in [3.63, 3.8) is 0 Å². The molecule has 1 fully saturated rings. The maximum atomic E-state index is 13.1. The highest BCUT2D eigenvalue weighted by atomic mass is 19.1. The van der Waals surface area contributed by atoms with Crippen molar-refractivity contribution in [3.05, 3.63) is 58.4 Å². The molecule has 0 aliphatic carbocycles. The zero-order valence-corrected chi connectivity index (χ0v) is 13.8. The summed E-state index contributed by atoms with van der Waals surface area (Å²) in [6.45, 7) is 3.70. The number of nitrogens with one attached hydrogen (secondary N) is 2. The lowest BCUT2D eigenvalue weighted by Gasteiger charge is -2.35. The lowest BCUT2D eigenvalue weighted by atomic mass is 10.00. The fourth-order valence-electron chi connectivity index (χ4n) is 3.30. The van der Waals surface area contributed by atoms with E-state index in [-0.39, 0.29) is 23.5 Å². The lowest BCUT2D eigenvalue weighted by Crippen LogP contribution is -2.48. The average molecular weight is 330 g/mol. The van der Waals surface area contributed by atoms with Gasteiger partial charge in [0, 0.05) is 37.6 Å². The van der Waals surface area contributed by atoms with Crippen LogP contribution in [-0.2, 0) is 0 Å². The van der Waals surface area contributed by atoms with Crippen molar-refractivity contribution in [2.75, 3.05) is 18.0 Å². The number of hydrogen-bond acceptors (Lipinski definition) is 4. The Bertz CT molecular complexity index is 715. The van der Waals surface area contributed by atoms with Crippen LogP contribution < -0.4 is 15.8 Å². The zero-order chi connectivity index (χ0) is 16.9. The van der Waals surface area contributed by atoms with E-state index in [2.05, 4.69) is 22.2 Å². The molecule has 1 saturated heterocycles. The predicted octanol–water partition coefficient (Wildman–Crippen LogP) is 2.62. The predicted molar refractivity (Wildman–Crippen MR) is 92.7 cm³/mol. The highest BCUT2D eigenvalue weighted by Gasteiger charge is 2.24. The summed E-state index contributed by atoms with van der Waals surface area (Å²) < 4.78 is 13.1. The monoisotopic (exact) mass is 330 g/mol. The molecule has 2 atom stereocenters. The van der Waals surface area contributed by atoms with E-state index in [1.165, 1.54) is 12.1 Å². The standard InChI is InChI=1S/C18H23FN4O/c1-2-16(13-5-7-14(19)8-6-13)22-15-4-3-11-23(12-15)17-18(24)21-10-9-20-17/h5-10,15-16,22H,2-4,11-12H2,1H3,(H,21,24)/t15-,16+/m1/s1. The number of nitrogens with zero attached hydrogens (tertiary/aromatic N) is 2. The molecule has 0 bridgehead atoms. The molecule has 2 N–H and O–H groups in total. The van der Waals surface area contributed by atoms with Crippen LogP contribution in [0.1, 0.15) is 37.8 Å². The molecule has 0 unspecified atom stereocenters. The van der Waals surface area contributed by atoms with E-state index >= 15 is 0 Å². The third-order valence-corrected chi connectivity index (χ3v) is 4.53. The first-order valence-electron chi connectivity index (χ1n) is 8.47. The zero-order valence-electron chi connectivity index (χ0n) is 13.8. The van der Waals surface area contributed by atoms with E-state index in [1.54, 1.807) is 12.4 Å². The van der Waals surface area contributed by atoms with Crippen molar-refractivity contribution in [2.45, 2.75) is 38.3 Å². The van der Waals surface area contributed by atoms with E-state index in [0.717, 1.165) is 37.9 Å². The molecule has 2 aromatic rings. The second kappa shape index (κ2) is 7.57. The molecule has 3 rings (SSSR count). The molecule has 1 aromatic carbocycles. The van der Waals surface area contributed by atoms with E-state index in [4.69, 9.17) is 0 Å². The molecule has 6 heteroatoms. The summed E-state index contributed by atoms with van der Waals surface area (Å²) in [5.74, 6) is 0.269. The minimum absolute atomic E-state index is 0.149. The van der Waals surface area contributed by atoms with Gasteiger partial charge >= 0.3 is 0 Å². The van der Waals surface area contributed by atoms with Gasteiger partial charge in [-0.2, -0.15) is 0 Å². The summed E-state index contributed by atoms with van der Waals surface area (Å²) in [4.78, 5) is 20.9. The number of anilines is 1. The maximum Gasteiger partial charge on any atom is 0.290 e. The largest absolute Gasteiger partial charge is 0.350 e. The van der Waals surface area contributed by atoms with Gasteiger partial charge in [0.05, 0.1) is 0 Å². The fourth-order valence-corrected chi connectivity index (χ4v) is 3.30. The van der Waals surface area contributed by atoms with E-state index in [9.17, 15) is 9.18 Å². The third kappa shape index (κ3) is 3.82. The second-order valence-corrected chi connectivity index (χ2v) is 6.21. The Balaban J connectivity index is 1.69. The molecule has 2 heterocycles. The highest BCUT2D eigenvalue weighted by molar-refractivity contribution is 5.36. The number of piperidine rings is 1. The van der Waals surface area contributed by atoms with Gasteiger partial charge in [0.15, 0.2) is 5.82 Å². The number of benzene rings is 1. The number of aromatic amines is 1. The van der Waals surface area contributed by atoms with Gasteiger partial charge < -0.3 is 15.2 Å². The molecule has 1 aromatic heterocycles. The van der Waals surface area contributed by atoms with Gasteiger partial charge in [0.2, 0.25) is 0 Å². The first kappa shape index (κ1) is 16.6. The lowest BCUT2D eigenvalue weighted by molar-refractivity contribution is 0.370. The highest BCUT2D eigenvalue weighted by Crippen LogP contribution is 2.21. The normalized spacial score (nSPS) is 19.2. The summed E-state index contributed by atoms with van der Waals surface area (Å²) in [7, 11) is 0. The van der Waals surface area contributed by atoms with Crippen molar-refractivity contribution in [3.8, 4) is 0 Å². The van der Waals surface area contributed by atoms with E-state index in [0.29, 0.717) is 5.82 Å². The average Bonchev–Trinajstić information content (AvgIpc) is 2.61. The first-order chi connectivity index (χ1) is 11.7. The maximum absolute atomic E-state index is 13.1. The van der Waals surface area contributed by atoms with Crippen LogP contribution in [0, 0.1) is 5.82 Å². The van der Waals surface area contributed by atoms with Gasteiger partial charge in [-0.25, -0.2) is 9.37 Å². The fraction of sp³-hybridized carbons (Fsp3) is 0.444. The van der Waals surface area contributed by atoms with Crippen LogP contribution in [0.2, 0.25) is 0 Å². The molecule has 5 nitrogen and oxygen atoms in total. The van der Waals surface area contributed by atoms with Gasteiger partial charge in [-0.1, -0.05) is 19.1 Å². The Labute approximate surface area is 140 Å². The summed E-state index contributed by atoms with van der Waals surface area (Å²) >= 11 is 0. The number of aromatic nitrogens is 2. The van der Waals surface area contributed by atoms with Gasteiger partial charge in [-0.3, -0.25) is 4.79 Å². The third-order valence-electron chi connectivity index (χ3n) is 4.53. The molecule has 0 spiro atoms. The minimum atomic E-state index is -0.216. The van der Waals surface area contributed by atoms with Crippen molar-refractivity contribution in [1.82, 2.24) is 15.3 Å². The molecule has 0 radical (unpaired) electrons. The van der Waals surface area contributed by atoms with Crippen LogP contribution in [0.15, 0.2) is 41.5 Å². The smallest absolute Gasteiger partial charge is 0.290 e. The summed E-state index contributed by atoms with van der Waals surface area (Å²) in [6, 6.07) is 7.12. The Hall–Kier alpha value is -2.21. The van der Waals surface area contributed by atoms with Gasteiger partial charge in [0.25, 0.3) is 5.56 Å². The number of halogens is 1. The Kier molecular flexibility index (Phi) is 5.25. The van der Waals surface area contributed by atoms with Crippen LogP contribution in [0.4, 0.5) is 10.2 Å². The summed E-state index contributed by atoms with van der Waals surface area (Å²) in [6.07, 6.45) is 6.15. The first-order valence-corrected chi connectivity index (χ1v) is 8.47. The quantitative estimate of drug-likeness (QED) is 0.885. The SMILES string of the molecule is CC[C@H](N[C@@H]1CCCN(c2ncc[nH]c2=O)C1)c1ccc(F)cc1.